The van der Waals surface area contributed by atoms with Crippen LogP contribution in [0.5, 0.6) is 0 Å². The van der Waals surface area contributed by atoms with Crippen molar-refractivity contribution in [2.45, 2.75) is 18.6 Å². The molecule has 0 aliphatic rings. The first-order valence-corrected chi connectivity index (χ1v) is 4.71. The van der Waals surface area contributed by atoms with Crippen LogP contribution in [0.2, 0.25) is 0 Å². The van der Waals surface area contributed by atoms with Crippen molar-refractivity contribution in [2.75, 3.05) is 11.9 Å². The molecule has 1 aromatic rings. The Balaban J connectivity index is 2.99. The normalized spacial score (nSPS) is 15.2. The molecule has 17 heavy (non-hydrogen) atoms. The number of aromatic nitrogens is 1. The molecule has 0 bridgehead atoms. The average Bonchev–Trinajstić information content (AvgIpc) is 2.26. The molecule has 1 heterocycles. The van der Waals surface area contributed by atoms with E-state index in [9.17, 15) is 18.0 Å². The number of anilines is 1. The molecule has 4 nitrogen and oxygen atoms in total. The van der Waals surface area contributed by atoms with Crippen LogP contribution in [-0.4, -0.2) is 29.7 Å². The van der Waals surface area contributed by atoms with Gasteiger partial charge in [0.25, 0.3) is 5.91 Å². The fourth-order valence-corrected chi connectivity index (χ4v) is 1.15. The standard InChI is InChI=1S/C10H12F3N3O/c1-9(14,10(11,12)13)8(17)16(2)7-3-5-15-6-4-7/h3-6H,14H2,1-2H3. The van der Waals surface area contributed by atoms with E-state index in [0.717, 1.165) is 4.90 Å². The molecule has 0 aromatic carbocycles. The van der Waals surface area contributed by atoms with E-state index in [1.807, 2.05) is 0 Å². The highest BCUT2D eigenvalue weighted by Gasteiger charge is 2.55. The van der Waals surface area contributed by atoms with Crippen LogP contribution in [0, 0.1) is 0 Å². The van der Waals surface area contributed by atoms with Gasteiger partial charge in [-0.15, -0.1) is 0 Å². The third-order valence-corrected chi connectivity index (χ3v) is 2.39. The van der Waals surface area contributed by atoms with Gasteiger partial charge in [-0.2, -0.15) is 13.2 Å². The number of amides is 1. The zero-order valence-corrected chi connectivity index (χ0v) is 9.32. The summed E-state index contributed by atoms with van der Waals surface area (Å²) >= 11 is 0. The van der Waals surface area contributed by atoms with Crippen LogP contribution in [0.4, 0.5) is 18.9 Å². The zero-order valence-electron chi connectivity index (χ0n) is 9.32. The molecule has 0 saturated carbocycles. The van der Waals surface area contributed by atoms with Crippen molar-refractivity contribution in [3.63, 3.8) is 0 Å². The minimum Gasteiger partial charge on any atom is -0.313 e. The number of hydrogen-bond acceptors (Lipinski definition) is 3. The Bertz CT molecular complexity index is 403. The minimum atomic E-state index is -4.80. The lowest BCUT2D eigenvalue weighted by atomic mass is 10.0. The van der Waals surface area contributed by atoms with Gasteiger partial charge < -0.3 is 10.6 Å². The van der Waals surface area contributed by atoms with Gasteiger partial charge in [0.1, 0.15) is 0 Å². The van der Waals surface area contributed by atoms with Crippen molar-refractivity contribution in [2.24, 2.45) is 5.73 Å². The fourth-order valence-electron chi connectivity index (χ4n) is 1.15. The van der Waals surface area contributed by atoms with Crippen LogP contribution in [0.25, 0.3) is 0 Å². The third-order valence-electron chi connectivity index (χ3n) is 2.39. The topological polar surface area (TPSA) is 59.2 Å². The van der Waals surface area contributed by atoms with Gasteiger partial charge in [-0.1, -0.05) is 0 Å². The Kier molecular flexibility index (Phi) is 3.42. The van der Waals surface area contributed by atoms with Gasteiger partial charge >= 0.3 is 6.18 Å². The Morgan fingerprint density at radius 1 is 1.35 bits per heavy atom. The second kappa shape index (κ2) is 4.33. The van der Waals surface area contributed by atoms with Gasteiger partial charge in [0.2, 0.25) is 0 Å². The second-order valence-corrected chi connectivity index (χ2v) is 3.77. The molecule has 0 aliphatic heterocycles. The molecule has 0 fully saturated rings. The van der Waals surface area contributed by atoms with Gasteiger partial charge in [0.05, 0.1) is 0 Å². The van der Waals surface area contributed by atoms with Crippen molar-refractivity contribution in [3.05, 3.63) is 24.5 Å². The molecule has 1 rings (SSSR count). The summed E-state index contributed by atoms with van der Waals surface area (Å²) in [4.78, 5) is 16.2. The summed E-state index contributed by atoms with van der Waals surface area (Å²) in [6, 6.07) is 2.84. The van der Waals surface area contributed by atoms with E-state index in [4.69, 9.17) is 5.73 Å². The quantitative estimate of drug-likeness (QED) is 0.857. The molecule has 94 valence electrons. The van der Waals surface area contributed by atoms with Crippen LogP contribution in [0.15, 0.2) is 24.5 Å². The van der Waals surface area contributed by atoms with Gasteiger partial charge in [-0.25, -0.2) is 0 Å². The second-order valence-electron chi connectivity index (χ2n) is 3.77. The average molecular weight is 247 g/mol. The van der Waals surface area contributed by atoms with E-state index < -0.39 is 17.6 Å². The molecule has 0 saturated heterocycles. The molecular formula is C10H12F3N3O. The SMILES string of the molecule is CN(C(=O)C(C)(N)C(F)(F)F)c1ccncc1. The fraction of sp³-hybridized carbons (Fsp3) is 0.400. The number of carbonyl (C=O) groups is 1. The number of pyridine rings is 1. The summed E-state index contributed by atoms with van der Waals surface area (Å²) in [7, 11) is 1.23. The van der Waals surface area contributed by atoms with Crippen molar-refractivity contribution >= 4 is 11.6 Å². The van der Waals surface area contributed by atoms with E-state index in [0.29, 0.717) is 12.6 Å². The van der Waals surface area contributed by atoms with E-state index in [2.05, 4.69) is 4.98 Å². The van der Waals surface area contributed by atoms with Crippen molar-refractivity contribution in [1.29, 1.82) is 0 Å². The number of nitrogens with zero attached hydrogens (tertiary/aromatic N) is 2. The lowest BCUT2D eigenvalue weighted by molar-refractivity contribution is -0.185. The van der Waals surface area contributed by atoms with Crippen LogP contribution >= 0.6 is 0 Å². The first kappa shape index (κ1) is 13.4. The van der Waals surface area contributed by atoms with Crippen LogP contribution in [0.3, 0.4) is 0 Å². The molecule has 1 amide bonds. The monoisotopic (exact) mass is 247 g/mol. The number of carbonyl (C=O) groups excluding carboxylic acids is 1. The summed E-state index contributed by atoms with van der Waals surface area (Å²) in [6.07, 6.45) is -2.05. The van der Waals surface area contributed by atoms with Crippen molar-refractivity contribution < 1.29 is 18.0 Å². The summed E-state index contributed by atoms with van der Waals surface area (Å²) in [5.74, 6) is -1.23. The minimum absolute atomic E-state index is 0.297. The van der Waals surface area contributed by atoms with Gasteiger partial charge in [0.15, 0.2) is 5.54 Å². The van der Waals surface area contributed by atoms with E-state index >= 15 is 0 Å². The van der Waals surface area contributed by atoms with Crippen molar-refractivity contribution in [1.82, 2.24) is 4.98 Å². The number of halogens is 3. The zero-order chi connectivity index (χ0) is 13.3. The maximum Gasteiger partial charge on any atom is 0.415 e. The summed E-state index contributed by atoms with van der Waals surface area (Å²) in [6.45, 7) is 0.646. The Labute approximate surface area is 96.2 Å². The summed E-state index contributed by atoms with van der Waals surface area (Å²) in [5.41, 5.74) is 2.43. The Morgan fingerprint density at radius 3 is 2.24 bits per heavy atom. The maximum absolute atomic E-state index is 12.6. The molecule has 0 aliphatic carbocycles. The lowest BCUT2D eigenvalue weighted by Crippen LogP contribution is -2.61. The van der Waals surface area contributed by atoms with Gasteiger partial charge in [-0.3, -0.25) is 9.78 Å². The first-order valence-electron chi connectivity index (χ1n) is 4.71. The highest BCUT2D eigenvalue weighted by atomic mass is 19.4. The smallest absolute Gasteiger partial charge is 0.313 e. The molecule has 2 N–H and O–H groups in total. The number of rotatable bonds is 2. The van der Waals surface area contributed by atoms with Crippen LogP contribution < -0.4 is 10.6 Å². The van der Waals surface area contributed by atoms with E-state index in [-0.39, 0.29) is 0 Å². The van der Waals surface area contributed by atoms with E-state index in [1.54, 1.807) is 0 Å². The number of nitrogens with two attached hydrogens (primary N) is 1. The summed E-state index contributed by atoms with van der Waals surface area (Å²) in [5, 5.41) is 0. The van der Waals surface area contributed by atoms with Gasteiger partial charge in [0, 0.05) is 25.1 Å². The molecule has 1 aromatic heterocycles. The maximum atomic E-state index is 12.6. The van der Waals surface area contributed by atoms with E-state index in [1.165, 1.54) is 31.6 Å². The molecule has 1 atom stereocenters. The van der Waals surface area contributed by atoms with Crippen LogP contribution in [0.1, 0.15) is 6.92 Å². The summed E-state index contributed by atoms with van der Waals surface area (Å²) < 4.78 is 37.7. The van der Waals surface area contributed by atoms with Crippen molar-refractivity contribution in [3.8, 4) is 0 Å². The number of likely N-dealkylation sites (N-methyl/N-ethyl adjacent to an activating group) is 1. The number of hydrogen-bond donors (Lipinski definition) is 1. The van der Waals surface area contributed by atoms with Gasteiger partial charge in [-0.05, 0) is 19.1 Å². The van der Waals surface area contributed by atoms with Crippen LogP contribution in [-0.2, 0) is 4.79 Å². The highest BCUT2D eigenvalue weighted by Crippen LogP contribution is 2.30. The Hall–Kier alpha value is -1.63. The predicted molar refractivity (Wildman–Crippen MR) is 56.3 cm³/mol. The lowest BCUT2D eigenvalue weighted by Gasteiger charge is -2.30. The first-order chi connectivity index (χ1) is 7.68. The Morgan fingerprint density at radius 2 is 1.82 bits per heavy atom. The molecule has 0 spiro atoms. The molecular weight excluding hydrogens is 235 g/mol. The predicted octanol–water partition coefficient (Wildman–Crippen LogP) is 1.32. The third kappa shape index (κ3) is 2.55. The largest absolute Gasteiger partial charge is 0.415 e. The molecule has 7 heteroatoms. The molecule has 0 radical (unpaired) electrons. The molecule has 1 unspecified atom stereocenters. The highest BCUT2D eigenvalue weighted by molar-refractivity contribution is 5.99. The number of alkyl halides is 3.